The summed E-state index contributed by atoms with van der Waals surface area (Å²) in [6.45, 7) is 8.36. The number of nitrogens with two attached hydrogens (primary N) is 1. The monoisotopic (exact) mass is 316 g/mol. The predicted molar refractivity (Wildman–Crippen MR) is 77.1 cm³/mol. The molecule has 1 rings (SSSR count). The molecule has 102 valence electrons. The van der Waals surface area contributed by atoms with Crippen LogP contribution in [0.15, 0.2) is 22.7 Å². The van der Waals surface area contributed by atoms with Gasteiger partial charge in [0.25, 0.3) is 0 Å². The molecular formula is C14H23BrNO2+. The lowest BCUT2D eigenvalue weighted by Crippen LogP contribution is -2.87. The molecule has 1 aromatic carbocycles. The van der Waals surface area contributed by atoms with Crippen LogP contribution in [0.5, 0.6) is 5.75 Å². The van der Waals surface area contributed by atoms with Crippen LogP contribution in [0, 0.1) is 0 Å². The average molecular weight is 317 g/mol. The first-order valence-corrected chi connectivity index (χ1v) is 7.22. The highest BCUT2D eigenvalue weighted by Gasteiger charge is 2.08. The van der Waals surface area contributed by atoms with Crippen molar-refractivity contribution in [3.05, 3.63) is 28.2 Å². The lowest BCUT2D eigenvalue weighted by Gasteiger charge is -2.14. The Labute approximate surface area is 118 Å². The highest BCUT2D eigenvalue weighted by Crippen LogP contribution is 2.29. The number of quaternary nitrogens is 1. The Balaban J connectivity index is 2.46. The normalized spacial score (nSPS) is 12.8. The van der Waals surface area contributed by atoms with Gasteiger partial charge in [0.2, 0.25) is 0 Å². The number of hydrogen-bond acceptors (Lipinski definition) is 2. The molecule has 0 bridgehead atoms. The van der Waals surface area contributed by atoms with Gasteiger partial charge in [-0.15, -0.1) is 0 Å². The van der Waals surface area contributed by atoms with Gasteiger partial charge >= 0.3 is 0 Å². The van der Waals surface area contributed by atoms with Crippen LogP contribution in [0.4, 0.5) is 0 Å². The fourth-order valence-electron chi connectivity index (χ4n) is 1.71. The second kappa shape index (κ2) is 7.77. The van der Waals surface area contributed by atoms with Gasteiger partial charge in [0.05, 0.1) is 6.10 Å². The maximum Gasteiger partial charge on any atom is 0.137 e. The number of hydrogen-bond donors (Lipinski definition) is 2. The molecule has 0 amide bonds. The number of ether oxygens (including phenoxy) is 1. The van der Waals surface area contributed by atoms with Crippen molar-refractivity contribution < 1.29 is 15.2 Å². The molecule has 0 aromatic heterocycles. The Morgan fingerprint density at radius 2 is 2.06 bits per heavy atom. The summed E-state index contributed by atoms with van der Waals surface area (Å²) in [6, 6.07) is 6.12. The van der Waals surface area contributed by atoms with Gasteiger partial charge in [0, 0.05) is 4.47 Å². The molecule has 1 aromatic rings. The van der Waals surface area contributed by atoms with Crippen molar-refractivity contribution in [3.63, 3.8) is 0 Å². The van der Waals surface area contributed by atoms with Gasteiger partial charge in [0.15, 0.2) is 0 Å². The SMILES string of the molecule is CC(C)c1cc(Br)ccc1OCC[NH2+]C[C@@H](C)O. The maximum absolute atomic E-state index is 9.14. The summed E-state index contributed by atoms with van der Waals surface area (Å²) in [5.74, 6) is 1.40. The molecule has 0 radical (unpaired) electrons. The topological polar surface area (TPSA) is 46.1 Å². The van der Waals surface area contributed by atoms with E-state index in [2.05, 4.69) is 41.2 Å². The van der Waals surface area contributed by atoms with Gasteiger partial charge in [-0.25, -0.2) is 0 Å². The highest BCUT2D eigenvalue weighted by molar-refractivity contribution is 9.10. The average Bonchev–Trinajstić information content (AvgIpc) is 2.29. The zero-order chi connectivity index (χ0) is 13.5. The van der Waals surface area contributed by atoms with Crippen molar-refractivity contribution in [2.45, 2.75) is 32.8 Å². The van der Waals surface area contributed by atoms with Crippen molar-refractivity contribution in [2.24, 2.45) is 0 Å². The highest BCUT2D eigenvalue weighted by atomic mass is 79.9. The van der Waals surface area contributed by atoms with Crippen molar-refractivity contribution in [1.82, 2.24) is 0 Å². The van der Waals surface area contributed by atoms with Crippen LogP contribution in [0.2, 0.25) is 0 Å². The van der Waals surface area contributed by atoms with Crippen LogP contribution in [0.3, 0.4) is 0 Å². The van der Waals surface area contributed by atoms with E-state index >= 15 is 0 Å². The molecular weight excluding hydrogens is 294 g/mol. The molecule has 0 fully saturated rings. The fourth-order valence-corrected chi connectivity index (χ4v) is 2.09. The first-order valence-electron chi connectivity index (χ1n) is 6.42. The Morgan fingerprint density at radius 1 is 1.33 bits per heavy atom. The number of rotatable bonds is 7. The van der Waals surface area contributed by atoms with E-state index in [1.807, 2.05) is 12.1 Å². The summed E-state index contributed by atoms with van der Waals surface area (Å²) >= 11 is 3.48. The van der Waals surface area contributed by atoms with Crippen LogP contribution in [-0.2, 0) is 0 Å². The van der Waals surface area contributed by atoms with Gasteiger partial charge < -0.3 is 15.2 Å². The molecule has 0 unspecified atom stereocenters. The molecule has 0 heterocycles. The maximum atomic E-state index is 9.14. The number of aliphatic hydroxyl groups excluding tert-OH is 1. The molecule has 18 heavy (non-hydrogen) atoms. The Hall–Kier alpha value is -0.580. The number of halogens is 1. The second-order valence-electron chi connectivity index (χ2n) is 4.85. The van der Waals surface area contributed by atoms with Gasteiger partial charge in [0.1, 0.15) is 25.4 Å². The lowest BCUT2D eigenvalue weighted by molar-refractivity contribution is -0.661. The molecule has 4 heteroatoms. The van der Waals surface area contributed by atoms with E-state index in [4.69, 9.17) is 9.84 Å². The predicted octanol–water partition coefficient (Wildman–Crippen LogP) is 1.90. The zero-order valence-corrected chi connectivity index (χ0v) is 12.9. The van der Waals surface area contributed by atoms with E-state index in [9.17, 15) is 0 Å². The van der Waals surface area contributed by atoms with Gasteiger partial charge in [-0.1, -0.05) is 29.8 Å². The Bertz CT molecular complexity index is 367. The summed E-state index contributed by atoms with van der Waals surface area (Å²) in [5, 5.41) is 11.2. The van der Waals surface area contributed by atoms with E-state index in [1.54, 1.807) is 6.92 Å². The van der Waals surface area contributed by atoms with Crippen molar-refractivity contribution in [1.29, 1.82) is 0 Å². The molecule has 0 aliphatic rings. The molecule has 3 N–H and O–H groups in total. The van der Waals surface area contributed by atoms with E-state index in [1.165, 1.54) is 5.56 Å². The lowest BCUT2D eigenvalue weighted by atomic mass is 10.0. The van der Waals surface area contributed by atoms with E-state index in [-0.39, 0.29) is 6.10 Å². The minimum absolute atomic E-state index is 0.260. The quantitative estimate of drug-likeness (QED) is 0.755. The van der Waals surface area contributed by atoms with Crippen LogP contribution < -0.4 is 10.1 Å². The van der Waals surface area contributed by atoms with E-state index in [0.29, 0.717) is 12.5 Å². The first kappa shape index (κ1) is 15.5. The van der Waals surface area contributed by atoms with Gasteiger partial charge in [-0.3, -0.25) is 0 Å². The molecule has 0 aliphatic heterocycles. The summed E-state index contributed by atoms with van der Waals surface area (Å²) in [6.07, 6.45) is -0.260. The van der Waals surface area contributed by atoms with Crippen molar-refractivity contribution >= 4 is 15.9 Å². The molecule has 3 nitrogen and oxygen atoms in total. The van der Waals surface area contributed by atoms with Crippen LogP contribution in [-0.4, -0.2) is 30.9 Å². The largest absolute Gasteiger partial charge is 0.487 e. The molecule has 0 spiro atoms. The summed E-state index contributed by atoms with van der Waals surface area (Å²) < 4.78 is 6.88. The van der Waals surface area contributed by atoms with Crippen molar-refractivity contribution in [3.8, 4) is 5.75 Å². The van der Waals surface area contributed by atoms with Crippen LogP contribution >= 0.6 is 15.9 Å². The number of benzene rings is 1. The fraction of sp³-hybridized carbons (Fsp3) is 0.571. The van der Waals surface area contributed by atoms with Crippen LogP contribution in [0.1, 0.15) is 32.3 Å². The first-order chi connectivity index (χ1) is 8.50. The Kier molecular flexibility index (Phi) is 6.68. The molecule has 0 saturated heterocycles. The minimum atomic E-state index is -0.260. The third kappa shape index (κ3) is 5.38. The Morgan fingerprint density at radius 3 is 2.67 bits per heavy atom. The summed E-state index contributed by atoms with van der Waals surface area (Å²) in [7, 11) is 0. The third-order valence-electron chi connectivity index (χ3n) is 2.68. The van der Waals surface area contributed by atoms with E-state index in [0.717, 1.165) is 23.3 Å². The standard InChI is InChI=1S/C14H22BrNO2/c1-10(2)13-8-12(15)4-5-14(13)18-7-6-16-9-11(3)17/h4-5,8,10-11,16-17H,6-7,9H2,1-3H3/p+1/t11-/m1/s1. The minimum Gasteiger partial charge on any atom is -0.487 e. The third-order valence-corrected chi connectivity index (χ3v) is 3.17. The van der Waals surface area contributed by atoms with Gasteiger partial charge in [-0.2, -0.15) is 0 Å². The van der Waals surface area contributed by atoms with Crippen LogP contribution in [0.25, 0.3) is 0 Å². The van der Waals surface area contributed by atoms with E-state index < -0.39 is 0 Å². The number of aliphatic hydroxyl groups is 1. The smallest absolute Gasteiger partial charge is 0.137 e. The molecule has 0 saturated carbocycles. The second-order valence-corrected chi connectivity index (χ2v) is 5.76. The molecule has 1 atom stereocenters. The van der Waals surface area contributed by atoms with Gasteiger partial charge in [-0.05, 0) is 36.6 Å². The summed E-state index contributed by atoms with van der Waals surface area (Å²) in [4.78, 5) is 0. The van der Waals surface area contributed by atoms with Crippen molar-refractivity contribution in [2.75, 3.05) is 19.7 Å². The molecule has 0 aliphatic carbocycles. The zero-order valence-electron chi connectivity index (χ0n) is 11.3. The summed E-state index contributed by atoms with van der Waals surface area (Å²) in [5.41, 5.74) is 1.22.